The fourth-order valence-corrected chi connectivity index (χ4v) is 2.99. The Morgan fingerprint density at radius 3 is 2.28 bits per heavy atom. The van der Waals surface area contributed by atoms with Crippen LogP contribution in [0.1, 0.15) is 20.8 Å². The Morgan fingerprint density at radius 1 is 1.33 bits per heavy atom. The average Bonchev–Trinajstić information content (AvgIpc) is 2.19. The quantitative estimate of drug-likeness (QED) is 0.806. The van der Waals surface area contributed by atoms with Crippen molar-refractivity contribution in [3.63, 3.8) is 0 Å². The molecule has 18 heavy (non-hydrogen) atoms. The number of nitrogens with one attached hydrogen (secondary N) is 1. The Morgan fingerprint density at radius 2 is 1.83 bits per heavy atom. The van der Waals surface area contributed by atoms with Crippen molar-refractivity contribution in [3.05, 3.63) is 26.1 Å². The summed E-state index contributed by atoms with van der Waals surface area (Å²) in [6, 6.07) is 3.43. The van der Waals surface area contributed by atoms with E-state index in [1.54, 1.807) is 12.1 Å². The number of hydrogen-bond donors (Lipinski definition) is 1. The van der Waals surface area contributed by atoms with E-state index in [0.29, 0.717) is 19.7 Å². The van der Waals surface area contributed by atoms with E-state index in [9.17, 15) is 4.79 Å². The second-order valence-electron chi connectivity index (χ2n) is 4.69. The van der Waals surface area contributed by atoms with Crippen LogP contribution in [0.3, 0.4) is 0 Å². The molecule has 1 aromatic carbocycles. The van der Waals surface area contributed by atoms with Crippen molar-refractivity contribution in [2.24, 2.45) is 0 Å². The molecule has 3 nitrogen and oxygen atoms in total. The van der Waals surface area contributed by atoms with E-state index in [0.717, 1.165) is 0 Å². The highest BCUT2D eigenvalue weighted by molar-refractivity contribution is 9.11. The van der Waals surface area contributed by atoms with Crippen LogP contribution in [-0.4, -0.2) is 18.1 Å². The Kier molecular flexibility index (Phi) is 5.65. The van der Waals surface area contributed by atoms with Gasteiger partial charge in [0.05, 0.1) is 11.3 Å². The molecule has 0 radical (unpaired) electrons. The molecule has 0 atom stereocenters. The number of ether oxygens (including phenoxy) is 1. The summed E-state index contributed by atoms with van der Waals surface area (Å²) in [5.74, 6) is -0.214. The molecule has 1 aromatic rings. The number of benzene rings is 1. The third kappa shape index (κ3) is 5.26. The molecule has 0 heterocycles. The first-order valence-corrected chi connectivity index (χ1v) is 7.24. The lowest BCUT2D eigenvalue weighted by molar-refractivity contribution is -0.125. The van der Waals surface area contributed by atoms with Gasteiger partial charge in [0, 0.05) is 14.0 Å². The van der Waals surface area contributed by atoms with Crippen LogP contribution in [-0.2, 0) is 9.53 Å². The summed E-state index contributed by atoms with van der Waals surface area (Å²) in [5, 5.41) is 3.34. The largest absolute Gasteiger partial charge is 0.366 e. The monoisotopic (exact) mass is 397 g/mol. The van der Waals surface area contributed by atoms with Gasteiger partial charge in [-0.1, -0.05) is 11.6 Å². The molecule has 6 heteroatoms. The molecular weight excluding hydrogens is 385 g/mol. The van der Waals surface area contributed by atoms with Crippen LogP contribution in [0.25, 0.3) is 0 Å². The molecule has 0 saturated heterocycles. The smallest absolute Gasteiger partial charge is 0.250 e. The molecule has 0 aliphatic carbocycles. The minimum atomic E-state index is -0.341. The van der Waals surface area contributed by atoms with Gasteiger partial charge in [0.25, 0.3) is 0 Å². The molecule has 0 fully saturated rings. The van der Waals surface area contributed by atoms with Crippen molar-refractivity contribution < 1.29 is 9.53 Å². The zero-order valence-electron chi connectivity index (χ0n) is 10.3. The van der Waals surface area contributed by atoms with E-state index in [1.165, 1.54) is 0 Å². The average molecular weight is 400 g/mol. The van der Waals surface area contributed by atoms with Crippen LogP contribution in [0.15, 0.2) is 21.1 Å². The number of hydrogen-bond acceptors (Lipinski definition) is 2. The minimum absolute atomic E-state index is 0.00497. The first-order chi connectivity index (χ1) is 8.19. The third-order valence-corrected chi connectivity index (χ3v) is 3.38. The summed E-state index contributed by atoms with van der Waals surface area (Å²) >= 11 is 12.6. The molecule has 1 rings (SSSR count). The van der Waals surface area contributed by atoms with Crippen molar-refractivity contribution >= 4 is 55.1 Å². The van der Waals surface area contributed by atoms with Gasteiger partial charge in [0.2, 0.25) is 5.91 Å². The number of anilines is 1. The fraction of sp³-hybridized carbons (Fsp3) is 0.417. The zero-order valence-corrected chi connectivity index (χ0v) is 14.2. The Balaban J connectivity index is 2.71. The maximum atomic E-state index is 11.7. The van der Waals surface area contributed by atoms with Gasteiger partial charge in [-0.3, -0.25) is 4.79 Å². The molecule has 100 valence electrons. The molecule has 0 bridgehead atoms. The number of carbonyl (C=O) groups excluding carboxylic acids is 1. The Bertz CT molecular complexity index is 435. The molecular formula is C12H14Br2ClNO2. The lowest BCUT2D eigenvalue weighted by Gasteiger charge is -2.19. The lowest BCUT2D eigenvalue weighted by Crippen LogP contribution is -2.27. The first kappa shape index (κ1) is 16.0. The van der Waals surface area contributed by atoms with Crippen LogP contribution in [0.2, 0.25) is 5.02 Å². The van der Waals surface area contributed by atoms with Gasteiger partial charge in [-0.15, -0.1) is 0 Å². The fourth-order valence-electron chi connectivity index (χ4n) is 1.12. The number of halogens is 3. The second kappa shape index (κ2) is 6.37. The topological polar surface area (TPSA) is 38.3 Å². The van der Waals surface area contributed by atoms with Crippen molar-refractivity contribution in [2.45, 2.75) is 26.4 Å². The van der Waals surface area contributed by atoms with E-state index in [1.807, 2.05) is 20.8 Å². The van der Waals surface area contributed by atoms with Gasteiger partial charge >= 0.3 is 0 Å². The highest BCUT2D eigenvalue weighted by Gasteiger charge is 2.15. The molecule has 0 unspecified atom stereocenters. The summed E-state index contributed by atoms with van der Waals surface area (Å²) in [5.41, 5.74) is 0.299. The number of rotatable bonds is 3. The normalized spacial score (nSPS) is 11.4. The summed E-state index contributed by atoms with van der Waals surface area (Å²) in [6.07, 6.45) is 0. The van der Waals surface area contributed by atoms with E-state index < -0.39 is 0 Å². The van der Waals surface area contributed by atoms with E-state index >= 15 is 0 Å². The van der Waals surface area contributed by atoms with E-state index in [4.69, 9.17) is 16.3 Å². The predicted molar refractivity (Wildman–Crippen MR) is 81.2 cm³/mol. The highest BCUT2D eigenvalue weighted by Crippen LogP contribution is 2.34. The maximum absolute atomic E-state index is 11.7. The summed E-state index contributed by atoms with van der Waals surface area (Å²) < 4.78 is 6.83. The molecule has 0 saturated carbocycles. The van der Waals surface area contributed by atoms with Gasteiger partial charge in [-0.25, -0.2) is 0 Å². The van der Waals surface area contributed by atoms with Gasteiger partial charge in [-0.2, -0.15) is 0 Å². The molecule has 0 aliphatic rings. The van der Waals surface area contributed by atoms with Crippen LogP contribution in [0, 0.1) is 0 Å². The number of carbonyl (C=O) groups is 1. The van der Waals surface area contributed by atoms with Crippen molar-refractivity contribution in [2.75, 3.05) is 11.9 Å². The molecule has 1 N–H and O–H groups in total. The second-order valence-corrected chi connectivity index (χ2v) is 6.84. The van der Waals surface area contributed by atoms with Gasteiger partial charge < -0.3 is 10.1 Å². The number of amides is 1. The highest BCUT2D eigenvalue weighted by atomic mass is 79.9. The Hall–Kier alpha value is -0.100. The van der Waals surface area contributed by atoms with Gasteiger partial charge in [-0.05, 0) is 64.8 Å². The Labute approximate surface area is 128 Å². The molecule has 0 aromatic heterocycles. The van der Waals surface area contributed by atoms with E-state index in [2.05, 4.69) is 37.2 Å². The van der Waals surface area contributed by atoms with Crippen LogP contribution >= 0.6 is 43.5 Å². The minimum Gasteiger partial charge on any atom is -0.366 e. The molecule has 1 amide bonds. The zero-order chi connectivity index (χ0) is 13.9. The standard InChI is InChI=1S/C12H14Br2ClNO2/c1-12(2,3)18-6-10(17)16-11-8(13)4-7(15)5-9(11)14/h4-5H,6H2,1-3H3,(H,16,17). The van der Waals surface area contributed by atoms with Gasteiger partial charge in [0.15, 0.2) is 0 Å². The van der Waals surface area contributed by atoms with Gasteiger partial charge in [0.1, 0.15) is 6.61 Å². The first-order valence-electron chi connectivity index (χ1n) is 5.27. The summed E-state index contributed by atoms with van der Waals surface area (Å²) in [7, 11) is 0. The third-order valence-electron chi connectivity index (χ3n) is 1.91. The predicted octanol–water partition coefficient (Wildman–Crippen LogP) is 4.62. The van der Waals surface area contributed by atoms with Crippen LogP contribution in [0.5, 0.6) is 0 Å². The lowest BCUT2D eigenvalue weighted by atomic mass is 10.2. The van der Waals surface area contributed by atoms with Crippen LogP contribution < -0.4 is 5.32 Å². The van der Waals surface area contributed by atoms with Crippen LogP contribution in [0.4, 0.5) is 5.69 Å². The SMILES string of the molecule is CC(C)(C)OCC(=O)Nc1c(Br)cc(Cl)cc1Br. The summed E-state index contributed by atoms with van der Waals surface area (Å²) in [6.45, 7) is 5.70. The van der Waals surface area contributed by atoms with Crippen molar-refractivity contribution in [1.82, 2.24) is 0 Å². The van der Waals surface area contributed by atoms with E-state index in [-0.39, 0.29) is 18.1 Å². The molecule has 0 aliphatic heterocycles. The molecule has 0 spiro atoms. The summed E-state index contributed by atoms with van der Waals surface area (Å²) in [4.78, 5) is 11.7. The van der Waals surface area contributed by atoms with Crippen molar-refractivity contribution in [3.8, 4) is 0 Å². The maximum Gasteiger partial charge on any atom is 0.250 e. The van der Waals surface area contributed by atoms with Crippen molar-refractivity contribution in [1.29, 1.82) is 0 Å².